The van der Waals surface area contributed by atoms with E-state index >= 15 is 0 Å². The van der Waals surface area contributed by atoms with E-state index in [0.717, 1.165) is 56.9 Å². The van der Waals surface area contributed by atoms with E-state index in [-0.39, 0.29) is 12.0 Å². The summed E-state index contributed by atoms with van der Waals surface area (Å²) < 4.78 is 5.53. The Morgan fingerprint density at radius 3 is 2.91 bits per heavy atom. The average molecular weight is 318 g/mol. The number of likely N-dealkylation sites (tertiary alicyclic amines) is 1. The first kappa shape index (κ1) is 16.3. The molecule has 1 amide bonds. The molecule has 1 atom stereocenters. The Morgan fingerprint density at radius 2 is 2.22 bits per heavy atom. The lowest BCUT2D eigenvalue weighted by Crippen LogP contribution is -2.43. The highest BCUT2D eigenvalue weighted by molar-refractivity contribution is 5.78. The first-order valence-corrected chi connectivity index (χ1v) is 8.61. The SMILES string of the molecule is Cc1nccc(C2CCN(CC(=O)NCC3CCCO3)CC2)n1. The molecule has 126 valence electrons. The van der Waals surface area contributed by atoms with E-state index < -0.39 is 0 Å². The molecule has 2 aliphatic rings. The summed E-state index contributed by atoms with van der Waals surface area (Å²) in [7, 11) is 0. The van der Waals surface area contributed by atoms with Crippen LogP contribution in [0.2, 0.25) is 0 Å². The molecule has 1 aromatic rings. The molecule has 6 heteroatoms. The van der Waals surface area contributed by atoms with Gasteiger partial charge in [-0.05, 0) is 51.8 Å². The summed E-state index contributed by atoms with van der Waals surface area (Å²) in [5.74, 6) is 1.43. The fraction of sp³-hybridized carbons (Fsp3) is 0.706. The second-order valence-electron chi connectivity index (χ2n) is 6.52. The Morgan fingerprint density at radius 1 is 1.39 bits per heavy atom. The van der Waals surface area contributed by atoms with E-state index in [1.807, 2.05) is 19.2 Å². The predicted octanol–water partition coefficient (Wildman–Crippen LogP) is 1.26. The van der Waals surface area contributed by atoms with Crippen LogP contribution in [0.5, 0.6) is 0 Å². The van der Waals surface area contributed by atoms with Gasteiger partial charge in [0.2, 0.25) is 5.91 Å². The molecule has 2 aliphatic heterocycles. The summed E-state index contributed by atoms with van der Waals surface area (Å²) in [5, 5.41) is 3.00. The number of hydrogen-bond acceptors (Lipinski definition) is 5. The van der Waals surface area contributed by atoms with Gasteiger partial charge in [-0.1, -0.05) is 0 Å². The molecular formula is C17H26N4O2. The van der Waals surface area contributed by atoms with Crippen molar-refractivity contribution >= 4 is 5.91 Å². The number of aryl methyl sites for hydroxylation is 1. The van der Waals surface area contributed by atoms with E-state index in [4.69, 9.17) is 4.74 Å². The molecular weight excluding hydrogens is 292 g/mol. The summed E-state index contributed by atoms with van der Waals surface area (Å²) in [6, 6.07) is 2.02. The molecule has 2 saturated heterocycles. The van der Waals surface area contributed by atoms with Crippen LogP contribution >= 0.6 is 0 Å². The number of piperidine rings is 1. The van der Waals surface area contributed by atoms with Crippen LogP contribution in [-0.4, -0.2) is 59.7 Å². The first-order valence-electron chi connectivity index (χ1n) is 8.61. The van der Waals surface area contributed by atoms with Gasteiger partial charge >= 0.3 is 0 Å². The van der Waals surface area contributed by atoms with Crippen LogP contribution in [0.1, 0.15) is 43.1 Å². The van der Waals surface area contributed by atoms with Crippen molar-refractivity contribution in [3.63, 3.8) is 0 Å². The molecule has 0 bridgehead atoms. The molecule has 1 N–H and O–H groups in total. The molecule has 23 heavy (non-hydrogen) atoms. The lowest BCUT2D eigenvalue weighted by Gasteiger charge is -2.31. The molecule has 1 aromatic heterocycles. The Hall–Kier alpha value is -1.53. The Kier molecular flexibility index (Phi) is 5.56. The Balaban J connectivity index is 1.39. The lowest BCUT2D eigenvalue weighted by atomic mass is 9.93. The lowest BCUT2D eigenvalue weighted by molar-refractivity contribution is -0.123. The molecule has 0 aliphatic carbocycles. The zero-order chi connectivity index (χ0) is 16.1. The number of ether oxygens (including phenoxy) is 1. The number of rotatable bonds is 5. The fourth-order valence-corrected chi connectivity index (χ4v) is 3.38. The average Bonchev–Trinajstić information content (AvgIpc) is 3.07. The summed E-state index contributed by atoms with van der Waals surface area (Å²) in [6.07, 6.45) is 6.32. The van der Waals surface area contributed by atoms with Crippen molar-refractivity contribution in [2.45, 2.75) is 44.6 Å². The second-order valence-corrected chi connectivity index (χ2v) is 6.52. The number of carbonyl (C=O) groups excluding carboxylic acids is 1. The Labute approximate surface area is 137 Å². The molecule has 0 saturated carbocycles. The predicted molar refractivity (Wildman–Crippen MR) is 87.2 cm³/mol. The minimum atomic E-state index is 0.108. The molecule has 0 spiro atoms. The summed E-state index contributed by atoms with van der Waals surface area (Å²) >= 11 is 0. The summed E-state index contributed by atoms with van der Waals surface area (Å²) in [4.78, 5) is 23.0. The molecule has 0 radical (unpaired) electrons. The highest BCUT2D eigenvalue weighted by Gasteiger charge is 2.23. The number of amides is 1. The van der Waals surface area contributed by atoms with Gasteiger partial charge in [-0.15, -0.1) is 0 Å². The molecule has 6 nitrogen and oxygen atoms in total. The molecule has 2 fully saturated rings. The maximum absolute atomic E-state index is 12.0. The smallest absolute Gasteiger partial charge is 0.234 e. The van der Waals surface area contributed by atoms with Gasteiger partial charge in [-0.25, -0.2) is 9.97 Å². The number of aromatic nitrogens is 2. The number of nitrogens with zero attached hydrogens (tertiary/aromatic N) is 3. The third-order valence-corrected chi connectivity index (χ3v) is 4.72. The third kappa shape index (κ3) is 4.72. The van der Waals surface area contributed by atoms with Crippen LogP contribution in [0, 0.1) is 6.92 Å². The van der Waals surface area contributed by atoms with Crippen molar-refractivity contribution < 1.29 is 9.53 Å². The molecule has 0 aromatic carbocycles. The van der Waals surface area contributed by atoms with Gasteiger partial charge in [-0.3, -0.25) is 9.69 Å². The fourth-order valence-electron chi connectivity index (χ4n) is 3.38. The van der Waals surface area contributed by atoms with Gasteiger partial charge in [0.1, 0.15) is 5.82 Å². The van der Waals surface area contributed by atoms with Gasteiger partial charge < -0.3 is 10.1 Å². The standard InChI is InChI=1S/C17H26N4O2/c1-13-18-7-4-16(20-13)14-5-8-21(9-6-14)12-17(22)19-11-15-3-2-10-23-15/h4,7,14-15H,2-3,5-6,8-12H2,1H3,(H,19,22). The minimum Gasteiger partial charge on any atom is -0.376 e. The summed E-state index contributed by atoms with van der Waals surface area (Å²) in [5.41, 5.74) is 1.14. The highest BCUT2D eigenvalue weighted by atomic mass is 16.5. The second kappa shape index (κ2) is 7.84. The Bertz CT molecular complexity index is 523. The van der Waals surface area contributed by atoms with Gasteiger partial charge in [-0.2, -0.15) is 0 Å². The molecule has 3 heterocycles. The maximum Gasteiger partial charge on any atom is 0.234 e. The van der Waals surface area contributed by atoms with E-state index in [2.05, 4.69) is 20.2 Å². The first-order chi connectivity index (χ1) is 11.2. The van der Waals surface area contributed by atoms with Crippen molar-refractivity contribution in [2.24, 2.45) is 0 Å². The maximum atomic E-state index is 12.0. The quantitative estimate of drug-likeness (QED) is 0.885. The largest absolute Gasteiger partial charge is 0.376 e. The van der Waals surface area contributed by atoms with Crippen LogP contribution in [0.4, 0.5) is 0 Å². The van der Waals surface area contributed by atoms with Crippen molar-refractivity contribution in [1.82, 2.24) is 20.2 Å². The number of hydrogen-bond donors (Lipinski definition) is 1. The van der Waals surface area contributed by atoms with Crippen LogP contribution < -0.4 is 5.32 Å². The van der Waals surface area contributed by atoms with Crippen LogP contribution in [-0.2, 0) is 9.53 Å². The van der Waals surface area contributed by atoms with Crippen LogP contribution in [0.25, 0.3) is 0 Å². The normalized spacial score (nSPS) is 23.1. The zero-order valence-electron chi connectivity index (χ0n) is 13.8. The van der Waals surface area contributed by atoms with Crippen LogP contribution in [0.15, 0.2) is 12.3 Å². The van der Waals surface area contributed by atoms with Crippen molar-refractivity contribution in [3.8, 4) is 0 Å². The zero-order valence-corrected chi connectivity index (χ0v) is 13.8. The van der Waals surface area contributed by atoms with Crippen molar-refractivity contribution in [2.75, 3.05) is 32.8 Å². The van der Waals surface area contributed by atoms with Crippen molar-refractivity contribution in [1.29, 1.82) is 0 Å². The van der Waals surface area contributed by atoms with E-state index in [9.17, 15) is 4.79 Å². The summed E-state index contributed by atoms with van der Waals surface area (Å²) in [6.45, 7) is 5.79. The third-order valence-electron chi connectivity index (χ3n) is 4.72. The monoisotopic (exact) mass is 318 g/mol. The number of nitrogens with one attached hydrogen (secondary N) is 1. The van der Waals surface area contributed by atoms with Gasteiger partial charge in [0.05, 0.1) is 12.6 Å². The van der Waals surface area contributed by atoms with Crippen molar-refractivity contribution in [3.05, 3.63) is 23.8 Å². The molecule has 1 unspecified atom stereocenters. The minimum absolute atomic E-state index is 0.108. The number of carbonyl (C=O) groups is 1. The van der Waals surface area contributed by atoms with E-state index in [1.54, 1.807) is 0 Å². The van der Waals surface area contributed by atoms with E-state index in [1.165, 1.54) is 0 Å². The molecule has 3 rings (SSSR count). The van der Waals surface area contributed by atoms with Gasteiger partial charge in [0, 0.05) is 31.0 Å². The van der Waals surface area contributed by atoms with Crippen LogP contribution in [0.3, 0.4) is 0 Å². The topological polar surface area (TPSA) is 67.4 Å². The van der Waals surface area contributed by atoms with E-state index in [0.29, 0.717) is 19.0 Å². The van der Waals surface area contributed by atoms with Gasteiger partial charge in [0.25, 0.3) is 0 Å². The van der Waals surface area contributed by atoms with Gasteiger partial charge in [0.15, 0.2) is 0 Å². The highest BCUT2D eigenvalue weighted by Crippen LogP contribution is 2.26.